The Morgan fingerprint density at radius 1 is 1.25 bits per heavy atom. The van der Waals surface area contributed by atoms with Gasteiger partial charge in [0.2, 0.25) is 0 Å². The summed E-state index contributed by atoms with van der Waals surface area (Å²) in [6.45, 7) is 5.13. The second-order valence-electron chi connectivity index (χ2n) is 5.35. The van der Waals surface area contributed by atoms with Crippen LogP contribution in [-0.2, 0) is 13.1 Å². The fourth-order valence-corrected chi connectivity index (χ4v) is 2.88. The first-order valence-corrected chi connectivity index (χ1v) is 7.92. The first kappa shape index (κ1) is 15.2. The van der Waals surface area contributed by atoms with Crippen molar-refractivity contribution in [1.82, 2.24) is 15.2 Å². The van der Waals surface area contributed by atoms with Crippen molar-refractivity contribution in [2.45, 2.75) is 25.9 Å². The second-order valence-corrected chi connectivity index (χ2v) is 6.07. The molecule has 0 fully saturated rings. The molecule has 4 heteroatoms. The Morgan fingerprint density at radius 2 is 2.00 bits per heavy atom. The summed E-state index contributed by atoms with van der Waals surface area (Å²) in [7, 11) is 4.13. The van der Waals surface area contributed by atoms with Crippen molar-refractivity contribution in [2.24, 2.45) is 0 Å². The van der Waals surface area contributed by atoms with E-state index in [4.69, 9.17) is 0 Å². The van der Waals surface area contributed by atoms with Crippen LogP contribution in [0.4, 0.5) is 0 Å². The highest BCUT2D eigenvalue weighted by Gasteiger charge is 2.06. The van der Waals surface area contributed by atoms with Gasteiger partial charge in [-0.1, -0.05) is 31.2 Å². The number of hydrogen-bond donors (Lipinski definition) is 1. The molecule has 2 rings (SSSR count). The number of nitrogens with zero attached hydrogens (tertiary/aromatic N) is 2. The highest BCUT2D eigenvalue weighted by Crippen LogP contribution is 2.16. The lowest BCUT2D eigenvalue weighted by Crippen LogP contribution is -2.17. The molecule has 1 aromatic heterocycles. The quantitative estimate of drug-likeness (QED) is 0.849. The Balaban J connectivity index is 1.89. The van der Waals surface area contributed by atoms with E-state index in [2.05, 4.69) is 58.8 Å². The van der Waals surface area contributed by atoms with Crippen LogP contribution in [0.2, 0.25) is 0 Å². The molecule has 2 aromatic rings. The van der Waals surface area contributed by atoms with E-state index < -0.39 is 0 Å². The van der Waals surface area contributed by atoms with E-state index in [-0.39, 0.29) is 0 Å². The molecule has 1 heterocycles. The highest BCUT2D eigenvalue weighted by atomic mass is 32.1. The first-order chi connectivity index (χ1) is 9.69. The topological polar surface area (TPSA) is 28.2 Å². The van der Waals surface area contributed by atoms with E-state index in [1.807, 2.05) is 12.6 Å². The van der Waals surface area contributed by atoms with Gasteiger partial charge in [0.1, 0.15) is 0 Å². The molecule has 1 unspecified atom stereocenters. The molecule has 0 spiro atoms. The normalized spacial score (nSPS) is 12.8. The number of benzene rings is 1. The number of nitrogens with one attached hydrogen (secondary N) is 1. The summed E-state index contributed by atoms with van der Waals surface area (Å²) in [4.78, 5) is 6.62. The highest BCUT2D eigenvalue weighted by molar-refractivity contribution is 7.07. The zero-order valence-electron chi connectivity index (χ0n) is 12.5. The summed E-state index contributed by atoms with van der Waals surface area (Å²) in [5, 5.41) is 5.33. The average Bonchev–Trinajstić information content (AvgIpc) is 2.92. The molecule has 1 aromatic carbocycles. The van der Waals surface area contributed by atoms with Crippen LogP contribution in [0.3, 0.4) is 0 Å². The van der Waals surface area contributed by atoms with E-state index in [9.17, 15) is 0 Å². The number of likely N-dealkylation sites (N-methyl/N-ethyl adjacent to an activating group) is 1. The lowest BCUT2D eigenvalue weighted by molar-refractivity contribution is 0.316. The summed E-state index contributed by atoms with van der Waals surface area (Å²) < 4.78 is 0. The Kier molecular flexibility index (Phi) is 5.71. The van der Waals surface area contributed by atoms with Gasteiger partial charge in [0.05, 0.1) is 11.2 Å². The van der Waals surface area contributed by atoms with Crippen LogP contribution in [0.1, 0.15) is 29.7 Å². The maximum atomic E-state index is 4.33. The van der Waals surface area contributed by atoms with Crippen molar-refractivity contribution in [3.05, 3.63) is 52.0 Å². The van der Waals surface area contributed by atoms with Crippen LogP contribution >= 0.6 is 11.3 Å². The van der Waals surface area contributed by atoms with Gasteiger partial charge in [0.25, 0.3) is 0 Å². The van der Waals surface area contributed by atoms with Crippen LogP contribution in [0.25, 0.3) is 0 Å². The summed E-state index contributed by atoms with van der Waals surface area (Å²) >= 11 is 1.65. The third-order valence-corrected chi connectivity index (χ3v) is 4.06. The van der Waals surface area contributed by atoms with Crippen LogP contribution in [-0.4, -0.2) is 30.5 Å². The number of hydrogen-bond acceptors (Lipinski definition) is 4. The molecule has 0 aliphatic carbocycles. The Bertz CT molecular complexity index is 493. The van der Waals surface area contributed by atoms with Gasteiger partial charge in [-0.3, -0.25) is 4.90 Å². The maximum Gasteiger partial charge on any atom is 0.0795 e. The van der Waals surface area contributed by atoms with Gasteiger partial charge in [-0.15, -0.1) is 11.3 Å². The number of rotatable bonds is 7. The zero-order valence-corrected chi connectivity index (χ0v) is 13.3. The van der Waals surface area contributed by atoms with Gasteiger partial charge in [0.15, 0.2) is 0 Å². The zero-order chi connectivity index (χ0) is 14.4. The largest absolute Gasteiger partial charge is 0.319 e. The van der Waals surface area contributed by atoms with E-state index >= 15 is 0 Å². The van der Waals surface area contributed by atoms with Crippen molar-refractivity contribution in [3.8, 4) is 0 Å². The van der Waals surface area contributed by atoms with Gasteiger partial charge in [-0.2, -0.15) is 0 Å². The SMILES string of the molecule is CNCC(C)c1ccc(CN(C)Cc2cscn2)cc1. The molecular weight excluding hydrogens is 266 g/mol. The molecule has 0 bridgehead atoms. The molecule has 1 N–H and O–H groups in total. The van der Waals surface area contributed by atoms with Gasteiger partial charge in [0, 0.05) is 25.0 Å². The molecule has 0 saturated heterocycles. The monoisotopic (exact) mass is 289 g/mol. The number of aromatic nitrogens is 1. The third-order valence-electron chi connectivity index (χ3n) is 3.43. The van der Waals surface area contributed by atoms with Crippen LogP contribution in [0.15, 0.2) is 35.2 Å². The Hall–Kier alpha value is -1.23. The molecule has 0 saturated carbocycles. The van der Waals surface area contributed by atoms with E-state index in [0.29, 0.717) is 5.92 Å². The van der Waals surface area contributed by atoms with Crippen molar-refractivity contribution < 1.29 is 0 Å². The molecule has 0 aliphatic rings. The second kappa shape index (κ2) is 7.53. The van der Waals surface area contributed by atoms with Crippen molar-refractivity contribution in [1.29, 1.82) is 0 Å². The van der Waals surface area contributed by atoms with Gasteiger partial charge >= 0.3 is 0 Å². The molecular formula is C16H23N3S. The molecule has 0 amide bonds. The lowest BCUT2D eigenvalue weighted by Gasteiger charge is -2.16. The van der Waals surface area contributed by atoms with Crippen molar-refractivity contribution >= 4 is 11.3 Å². The Morgan fingerprint density at radius 3 is 2.60 bits per heavy atom. The van der Waals surface area contributed by atoms with Crippen molar-refractivity contribution in [3.63, 3.8) is 0 Å². The minimum atomic E-state index is 0.557. The number of thiazole rings is 1. The third kappa shape index (κ3) is 4.40. The summed E-state index contributed by atoms with van der Waals surface area (Å²) in [6.07, 6.45) is 0. The fraction of sp³-hybridized carbons (Fsp3) is 0.438. The molecule has 0 aliphatic heterocycles. The Labute approximate surface area is 125 Å². The minimum absolute atomic E-state index is 0.557. The average molecular weight is 289 g/mol. The van der Waals surface area contributed by atoms with Gasteiger partial charge < -0.3 is 5.32 Å². The summed E-state index contributed by atoms with van der Waals surface area (Å²) in [6, 6.07) is 8.96. The van der Waals surface area contributed by atoms with Gasteiger partial charge in [-0.05, 0) is 31.1 Å². The van der Waals surface area contributed by atoms with Crippen molar-refractivity contribution in [2.75, 3.05) is 20.6 Å². The summed E-state index contributed by atoms with van der Waals surface area (Å²) in [5.74, 6) is 0.557. The van der Waals surface area contributed by atoms with Gasteiger partial charge in [-0.25, -0.2) is 4.98 Å². The van der Waals surface area contributed by atoms with Crippen LogP contribution < -0.4 is 5.32 Å². The molecule has 108 valence electrons. The standard InChI is InChI=1S/C16H23N3S/c1-13(8-17-2)15-6-4-14(5-7-15)9-19(3)10-16-11-20-12-18-16/h4-7,11-13,17H,8-10H2,1-3H3. The first-order valence-electron chi connectivity index (χ1n) is 6.98. The fourth-order valence-electron chi connectivity index (χ4n) is 2.34. The predicted octanol–water partition coefficient (Wildman–Crippen LogP) is 3.10. The minimum Gasteiger partial charge on any atom is -0.319 e. The maximum absolute atomic E-state index is 4.33. The van der Waals surface area contributed by atoms with E-state index in [0.717, 1.165) is 25.3 Å². The lowest BCUT2D eigenvalue weighted by atomic mass is 10.00. The van der Waals surface area contributed by atoms with E-state index in [1.54, 1.807) is 11.3 Å². The van der Waals surface area contributed by atoms with Crippen LogP contribution in [0.5, 0.6) is 0 Å². The van der Waals surface area contributed by atoms with E-state index in [1.165, 1.54) is 11.1 Å². The summed E-state index contributed by atoms with van der Waals surface area (Å²) in [5.41, 5.74) is 5.78. The predicted molar refractivity (Wildman–Crippen MR) is 86.1 cm³/mol. The molecule has 0 radical (unpaired) electrons. The molecule has 3 nitrogen and oxygen atoms in total. The molecule has 1 atom stereocenters. The van der Waals surface area contributed by atoms with Crippen LogP contribution in [0, 0.1) is 0 Å². The smallest absolute Gasteiger partial charge is 0.0795 e. The molecule has 20 heavy (non-hydrogen) atoms.